The number of aromatic amines is 1. The maximum absolute atomic E-state index is 12.3. The highest BCUT2D eigenvalue weighted by molar-refractivity contribution is 7.71. The summed E-state index contributed by atoms with van der Waals surface area (Å²) >= 11 is 4.67. The maximum Gasteiger partial charge on any atom is 0.140 e. The molecule has 1 rings (SSSR count). The molecule has 4 heteroatoms. The lowest BCUT2D eigenvalue weighted by Crippen LogP contribution is -1.83. The molecular weight excluding hydrogens is 151 g/mol. The number of rotatable bonds is 0. The molecular formula is C6H3FN2S. The van der Waals surface area contributed by atoms with E-state index in [9.17, 15) is 4.39 Å². The summed E-state index contributed by atoms with van der Waals surface area (Å²) in [6, 6.07) is 2.86. The van der Waals surface area contributed by atoms with Crippen LogP contribution in [-0.2, 0) is 0 Å². The van der Waals surface area contributed by atoms with Crippen LogP contribution in [0.1, 0.15) is 5.56 Å². The van der Waals surface area contributed by atoms with Gasteiger partial charge in [0.25, 0.3) is 0 Å². The molecule has 0 aliphatic carbocycles. The second kappa shape index (κ2) is 2.58. The Balaban J connectivity index is 3.40. The molecule has 0 aromatic carbocycles. The molecule has 10 heavy (non-hydrogen) atoms. The summed E-state index contributed by atoms with van der Waals surface area (Å²) in [5.74, 6) is -0.481. The molecule has 0 saturated carbocycles. The van der Waals surface area contributed by atoms with Gasteiger partial charge >= 0.3 is 0 Å². The van der Waals surface area contributed by atoms with Crippen LogP contribution in [0.15, 0.2) is 12.3 Å². The first kappa shape index (κ1) is 6.90. The van der Waals surface area contributed by atoms with E-state index in [1.54, 1.807) is 6.07 Å². The largest absolute Gasteiger partial charge is 0.349 e. The number of pyridine rings is 1. The van der Waals surface area contributed by atoms with E-state index in [4.69, 9.17) is 5.26 Å². The highest BCUT2D eigenvalue weighted by atomic mass is 32.1. The number of nitrogens with zero attached hydrogens (tertiary/aromatic N) is 1. The minimum absolute atomic E-state index is 0.162. The third-order valence-electron chi connectivity index (χ3n) is 0.988. The van der Waals surface area contributed by atoms with Crippen LogP contribution in [-0.4, -0.2) is 4.98 Å². The Bertz CT molecular complexity index is 336. The van der Waals surface area contributed by atoms with Gasteiger partial charge in [-0.2, -0.15) is 5.26 Å². The fraction of sp³-hybridized carbons (Fsp3) is 0. The van der Waals surface area contributed by atoms with Gasteiger partial charge in [-0.3, -0.25) is 0 Å². The van der Waals surface area contributed by atoms with E-state index in [-0.39, 0.29) is 10.2 Å². The van der Waals surface area contributed by atoms with Crippen molar-refractivity contribution in [1.82, 2.24) is 4.98 Å². The molecule has 0 amide bonds. The number of nitriles is 1. The normalized spacial score (nSPS) is 8.80. The van der Waals surface area contributed by atoms with E-state index >= 15 is 0 Å². The van der Waals surface area contributed by atoms with Crippen molar-refractivity contribution in [2.45, 2.75) is 0 Å². The van der Waals surface area contributed by atoms with Crippen molar-refractivity contribution >= 4 is 12.2 Å². The summed E-state index contributed by atoms with van der Waals surface area (Å²) in [6.07, 6.45) is 1.11. The Morgan fingerprint density at radius 2 is 2.40 bits per heavy atom. The molecule has 1 heterocycles. The third kappa shape index (κ3) is 1.20. The van der Waals surface area contributed by atoms with Gasteiger partial charge in [0.15, 0.2) is 0 Å². The van der Waals surface area contributed by atoms with E-state index in [0.717, 1.165) is 12.3 Å². The minimum Gasteiger partial charge on any atom is -0.349 e. The van der Waals surface area contributed by atoms with E-state index in [0.29, 0.717) is 0 Å². The zero-order valence-corrected chi connectivity index (χ0v) is 5.70. The maximum atomic E-state index is 12.3. The van der Waals surface area contributed by atoms with Crippen molar-refractivity contribution in [3.63, 3.8) is 0 Å². The summed E-state index contributed by atoms with van der Waals surface area (Å²) < 4.78 is 12.6. The van der Waals surface area contributed by atoms with Crippen LogP contribution in [0.2, 0.25) is 0 Å². The van der Waals surface area contributed by atoms with E-state index in [1.807, 2.05) is 0 Å². The lowest BCUT2D eigenvalue weighted by Gasteiger charge is -1.88. The first-order valence-corrected chi connectivity index (χ1v) is 2.93. The summed E-state index contributed by atoms with van der Waals surface area (Å²) in [6.45, 7) is 0. The lowest BCUT2D eigenvalue weighted by atomic mass is 10.3. The molecule has 50 valence electrons. The number of hydrogen-bond acceptors (Lipinski definition) is 2. The average Bonchev–Trinajstić information content (AvgIpc) is 1.94. The van der Waals surface area contributed by atoms with Gasteiger partial charge in [-0.1, -0.05) is 12.2 Å². The van der Waals surface area contributed by atoms with Gasteiger partial charge in [0.05, 0.1) is 5.56 Å². The van der Waals surface area contributed by atoms with E-state index < -0.39 is 5.82 Å². The SMILES string of the molecule is N#Cc1cc(F)c[nH]c1=S. The molecule has 0 atom stereocenters. The van der Waals surface area contributed by atoms with Crippen LogP contribution in [0.5, 0.6) is 0 Å². The predicted octanol–water partition coefficient (Wildman–Crippen LogP) is 1.75. The van der Waals surface area contributed by atoms with Crippen LogP contribution in [0.4, 0.5) is 4.39 Å². The van der Waals surface area contributed by atoms with E-state index in [1.165, 1.54) is 0 Å². The average molecular weight is 154 g/mol. The van der Waals surface area contributed by atoms with Gasteiger partial charge in [0, 0.05) is 6.20 Å². The number of H-pyrrole nitrogens is 1. The molecule has 0 saturated heterocycles. The van der Waals surface area contributed by atoms with Crippen LogP contribution >= 0.6 is 12.2 Å². The van der Waals surface area contributed by atoms with Gasteiger partial charge in [-0.15, -0.1) is 0 Å². The molecule has 0 fully saturated rings. The molecule has 0 bridgehead atoms. The Morgan fingerprint density at radius 3 is 2.90 bits per heavy atom. The second-order valence-corrected chi connectivity index (χ2v) is 2.08. The topological polar surface area (TPSA) is 39.6 Å². The lowest BCUT2D eigenvalue weighted by molar-refractivity contribution is 0.620. The highest BCUT2D eigenvalue weighted by Gasteiger charge is 1.94. The van der Waals surface area contributed by atoms with Gasteiger partial charge in [0.2, 0.25) is 0 Å². The number of aromatic nitrogens is 1. The molecule has 0 aliphatic heterocycles. The molecule has 0 spiro atoms. The van der Waals surface area contributed by atoms with Gasteiger partial charge in [-0.05, 0) is 6.07 Å². The molecule has 0 radical (unpaired) electrons. The summed E-state index contributed by atoms with van der Waals surface area (Å²) in [5.41, 5.74) is 0.162. The van der Waals surface area contributed by atoms with Crippen LogP contribution in [0, 0.1) is 21.8 Å². The molecule has 1 N–H and O–H groups in total. The van der Waals surface area contributed by atoms with E-state index in [2.05, 4.69) is 17.2 Å². The molecule has 0 aliphatic rings. The third-order valence-corrected chi connectivity index (χ3v) is 1.33. The first-order chi connectivity index (χ1) is 4.74. The Morgan fingerprint density at radius 1 is 1.70 bits per heavy atom. The fourth-order valence-corrected chi connectivity index (χ4v) is 0.704. The van der Waals surface area contributed by atoms with Crippen molar-refractivity contribution in [3.8, 4) is 6.07 Å². The quantitative estimate of drug-likeness (QED) is 0.578. The van der Waals surface area contributed by atoms with Crippen LogP contribution < -0.4 is 0 Å². The zero-order chi connectivity index (χ0) is 7.56. The summed E-state index contributed by atoms with van der Waals surface area (Å²) in [7, 11) is 0. The predicted molar refractivity (Wildman–Crippen MR) is 36.3 cm³/mol. The van der Waals surface area contributed by atoms with Crippen molar-refractivity contribution in [2.24, 2.45) is 0 Å². The second-order valence-electron chi connectivity index (χ2n) is 1.67. The Kier molecular flexibility index (Phi) is 1.78. The summed E-state index contributed by atoms with van der Waals surface area (Å²) in [5, 5.41) is 8.34. The standard InChI is InChI=1S/C6H3FN2S/c7-5-1-4(2-8)6(10)9-3-5/h1,3H,(H,9,10). The van der Waals surface area contributed by atoms with Gasteiger partial charge in [-0.25, -0.2) is 4.39 Å². The van der Waals surface area contributed by atoms with Gasteiger partial charge in [0.1, 0.15) is 16.5 Å². The molecule has 2 nitrogen and oxygen atoms in total. The van der Waals surface area contributed by atoms with Crippen LogP contribution in [0.3, 0.4) is 0 Å². The summed E-state index contributed by atoms with van der Waals surface area (Å²) in [4.78, 5) is 2.44. The molecule has 1 aromatic rings. The van der Waals surface area contributed by atoms with Crippen LogP contribution in [0.25, 0.3) is 0 Å². The monoisotopic (exact) mass is 154 g/mol. The van der Waals surface area contributed by atoms with Crippen molar-refractivity contribution in [3.05, 3.63) is 28.3 Å². The minimum atomic E-state index is -0.481. The van der Waals surface area contributed by atoms with Crippen molar-refractivity contribution in [2.75, 3.05) is 0 Å². The Labute approximate surface area is 61.9 Å². The number of halogens is 1. The van der Waals surface area contributed by atoms with Gasteiger partial charge < -0.3 is 4.98 Å². The first-order valence-electron chi connectivity index (χ1n) is 2.52. The fourth-order valence-electron chi connectivity index (χ4n) is 0.540. The van der Waals surface area contributed by atoms with Crippen molar-refractivity contribution in [1.29, 1.82) is 5.26 Å². The number of nitrogens with one attached hydrogen (secondary N) is 1. The van der Waals surface area contributed by atoms with Crippen molar-refractivity contribution < 1.29 is 4.39 Å². The highest BCUT2D eigenvalue weighted by Crippen LogP contribution is 2.00. The smallest absolute Gasteiger partial charge is 0.140 e. The zero-order valence-electron chi connectivity index (χ0n) is 4.89. The Hall–Kier alpha value is -1.21. The number of hydrogen-bond donors (Lipinski definition) is 1. The molecule has 1 aromatic heterocycles. The molecule has 0 unspecified atom stereocenters.